The number of carboxylic acids is 1. The fraction of sp³-hybridized carbons (Fsp3) is 0.250. The molecule has 0 bridgehead atoms. The van der Waals surface area contributed by atoms with Crippen LogP contribution in [0, 0.1) is 13.8 Å². The first-order chi connectivity index (χ1) is 9.90. The topological polar surface area (TPSA) is 58.4 Å². The summed E-state index contributed by atoms with van der Waals surface area (Å²) in [5, 5.41) is 13.2. The fourth-order valence-corrected chi connectivity index (χ4v) is 2.30. The second kappa shape index (κ2) is 5.83. The van der Waals surface area contributed by atoms with E-state index < -0.39 is 5.97 Å². The molecule has 0 aliphatic heterocycles. The van der Waals surface area contributed by atoms with Crippen LogP contribution >= 0.6 is 0 Å². The van der Waals surface area contributed by atoms with Gasteiger partial charge in [0, 0.05) is 31.4 Å². The minimum atomic E-state index is -0.970. The standard InChI is InChI=1S/C16H19N3O2/c1-11-5-7-13(8-6-11)18(3)16-14(9-10-15(20)21)12(2)17-19(16)4/h5-10H,1-4H3,(H,20,21). The van der Waals surface area contributed by atoms with Gasteiger partial charge < -0.3 is 10.0 Å². The zero-order valence-corrected chi connectivity index (χ0v) is 12.7. The third kappa shape index (κ3) is 3.13. The van der Waals surface area contributed by atoms with E-state index in [1.165, 1.54) is 5.56 Å². The summed E-state index contributed by atoms with van der Waals surface area (Å²) in [6.45, 7) is 3.91. The predicted octanol–water partition coefficient (Wildman–Crippen LogP) is 2.90. The molecule has 21 heavy (non-hydrogen) atoms. The van der Waals surface area contributed by atoms with Crippen molar-refractivity contribution in [3.05, 3.63) is 47.2 Å². The molecule has 5 nitrogen and oxygen atoms in total. The summed E-state index contributed by atoms with van der Waals surface area (Å²) in [5.74, 6) is -0.115. The van der Waals surface area contributed by atoms with Gasteiger partial charge in [-0.05, 0) is 32.1 Å². The SMILES string of the molecule is Cc1ccc(N(C)c2c(C=CC(=O)O)c(C)nn2C)cc1. The number of carboxylic acid groups (broad SMARTS) is 1. The van der Waals surface area contributed by atoms with Crippen LogP contribution in [0.1, 0.15) is 16.8 Å². The summed E-state index contributed by atoms with van der Waals surface area (Å²) in [5.41, 5.74) is 3.82. The van der Waals surface area contributed by atoms with Crippen molar-refractivity contribution in [3.8, 4) is 0 Å². The van der Waals surface area contributed by atoms with E-state index in [9.17, 15) is 4.79 Å². The Hall–Kier alpha value is -2.56. The van der Waals surface area contributed by atoms with E-state index in [0.717, 1.165) is 28.8 Å². The van der Waals surface area contributed by atoms with Crippen molar-refractivity contribution in [1.82, 2.24) is 9.78 Å². The highest BCUT2D eigenvalue weighted by atomic mass is 16.4. The van der Waals surface area contributed by atoms with Crippen molar-refractivity contribution in [3.63, 3.8) is 0 Å². The second-order valence-corrected chi connectivity index (χ2v) is 5.01. The average Bonchev–Trinajstić information content (AvgIpc) is 2.70. The first kappa shape index (κ1) is 14.8. The van der Waals surface area contributed by atoms with E-state index in [4.69, 9.17) is 5.11 Å². The number of aryl methyl sites for hydroxylation is 3. The molecule has 0 unspecified atom stereocenters. The first-order valence-electron chi connectivity index (χ1n) is 6.65. The molecule has 0 aliphatic rings. The third-order valence-electron chi connectivity index (χ3n) is 3.37. The summed E-state index contributed by atoms with van der Waals surface area (Å²) in [4.78, 5) is 12.8. The van der Waals surface area contributed by atoms with E-state index in [2.05, 4.69) is 5.10 Å². The van der Waals surface area contributed by atoms with Crippen LogP contribution in [0.4, 0.5) is 11.5 Å². The molecule has 1 aromatic heterocycles. The molecule has 0 fully saturated rings. The van der Waals surface area contributed by atoms with Gasteiger partial charge in [-0.3, -0.25) is 4.68 Å². The number of aliphatic carboxylic acids is 1. The molecular formula is C16H19N3O2. The molecule has 5 heteroatoms. The van der Waals surface area contributed by atoms with E-state index in [1.807, 2.05) is 57.1 Å². The number of anilines is 2. The summed E-state index contributed by atoms with van der Waals surface area (Å²) in [6, 6.07) is 8.15. The molecule has 0 atom stereocenters. The normalized spacial score (nSPS) is 11.0. The van der Waals surface area contributed by atoms with Crippen LogP contribution in [0.3, 0.4) is 0 Å². The Kier molecular flexibility index (Phi) is 4.12. The van der Waals surface area contributed by atoms with Crippen LogP contribution in [-0.2, 0) is 11.8 Å². The molecule has 2 rings (SSSR count). The largest absolute Gasteiger partial charge is 0.478 e. The maximum absolute atomic E-state index is 10.8. The van der Waals surface area contributed by atoms with Crippen molar-refractivity contribution in [2.75, 3.05) is 11.9 Å². The van der Waals surface area contributed by atoms with Gasteiger partial charge in [-0.2, -0.15) is 5.10 Å². The van der Waals surface area contributed by atoms with Gasteiger partial charge in [-0.25, -0.2) is 4.79 Å². The maximum Gasteiger partial charge on any atom is 0.328 e. The van der Waals surface area contributed by atoms with Gasteiger partial charge in [-0.15, -0.1) is 0 Å². The molecule has 0 amide bonds. The number of carbonyl (C=O) groups is 1. The van der Waals surface area contributed by atoms with Crippen LogP contribution in [-0.4, -0.2) is 27.9 Å². The molecule has 1 aromatic carbocycles. The zero-order valence-electron chi connectivity index (χ0n) is 12.7. The van der Waals surface area contributed by atoms with Gasteiger partial charge in [0.1, 0.15) is 5.82 Å². The number of rotatable bonds is 4. The lowest BCUT2D eigenvalue weighted by Crippen LogP contribution is -2.14. The fourth-order valence-electron chi connectivity index (χ4n) is 2.30. The Labute approximate surface area is 124 Å². The van der Waals surface area contributed by atoms with Gasteiger partial charge in [0.15, 0.2) is 0 Å². The third-order valence-corrected chi connectivity index (χ3v) is 3.37. The average molecular weight is 285 g/mol. The van der Waals surface area contributed by atoms with Crippen molar-refractivity contribution in [1.29, 1.82) is 0 Å². The van der Waals surface area contributed by atoms with Crippen molar-refractivity contribution < 1.29 is 9.90 Å². The van der Waals surface area contributed by atoms with Crippen LogP contribution < -0.4 is 4.90 Å². The molecule has 110 valence electrons. The molecule has 1 N–H and O–H groups in total. The Balaban J connectivity index is 2.47. The molecular weight excluding hydrogens is 266 g/mol. The van der Waals surface area contributed by atoms with Gasteiger partial charge in [-0.1, -0.05) is 17.7 Å². The summed E-state index contributed by atoms with van der Waals surface area (Å²) >= 11 is 0. The van der Waals surface area contributed by atoms with Crippen molar-refractivity contribution in [2.45, 2.75) is 13.8 Å². The zero-order chi connectivity index (χ0) is 15.6. The number of hydrogen-bond donors (Lipinski definition) is 1. The monoisotopic (exact) mass is 285 g/mol. The molecule has 0 saturated heterocycles. The van der Waals surface area contributed by atoms with E-state index in [-0.39, 0.29) is 0 Å². The van der Waals surface area contributed by atoms with Gasteiger partial charge >= 0.3 is 5.97 Å². The Morgan fingerprint density at radius 1 is 1.29 bits per heavy atom. The second-order valence-electron chi connectivity index (χ2n) is 5.01. The number of hydrogen-bond acceptors (Lipinski definition) is 3. The maximum atomic E-state index is 10.8. The van der Waals surface area contributed by atoms with Gasteiger partial charge in [0.2, 0.25) is 0 Å². The van der Waals surface area contributed by atoms with Crippen LogP contribution in [0.2, 0.25) is 0 Å². The minimum absolute atomic E-state index is 0.795. The van der Waals surface area contributed by atoms with Crippen LogP contribution in [0.25, 0.3) is 6.08 Å². The first-order valence-corrected chi connectivity index (χ1v) is 6.65. The predicted molar refractivity (Wildman–Crippen MR) is 83.9 cm³/mol. The minimum Gasteiger partial charge on any atom is -0.478 e. The van der Waals surface area contributed by atoms with Crippen molar-refractivity contribution in [2.24, 2.45) is 7.05 Å². The van der Waals surface area contributed by atoms with Crippen molar-refractivity contribution >= 4 is 23.6 Å². The quantitative estimate of drug-likeness (QED) is 0.878. The Morgan fingerprint density at radius 2 is 1.90 bits per heavy atom. The van der Waals surface area contributed by atoms with Crippen LogP contribution in [0.15, 0.2) is 30.3 Å². The van der Waals surface area contributed by atoms with Gasteiger partial charge in [0.05, 0.1) is 5.69 Å². The molecule has 0 spiro atoms. The van der Waals surface area contributed by atoms with E-state index in [0.29, 0.717) is 0 Å². The van der Waals surface area contributed by atoms with Gasteiger partial charge in [0.25, 0.3) is 0 Å². The Morgan fingerprint density at radius 3 is 2.48 bits per heavy atom. The summed E-state index contributed by atoms with van der Waals surface area (Å²) in [7, 11) is 3.80. The van der Waals surface area contributed by atoms with E-state index in [1.54, 1.807) is 10.8 Å². The van der Waals surface area contributed by atoms with Crippen LogP contribution in [0.5, 0.6) is 0 Å². The molecule has 1 heterocycles. The smallest absolute Gasteiger partial charge is 0.328 e. The number of benzene rings is 1. The highest BCUT2D eigenvalue weighted by Crippen LogP contribution is 2.29. The lowest BCUT2D eigenvalue weighted by atomic mass is 10.2. The molecule has 2 aromatic rings. The molecule has 0 radical (unpaired) electrons. The highest BCUT2D eigenvalue weighted by Gasteiger charge is 2.16. The number of aromatic nitrogens is 2. The molecule has 0 saturated carbocycles. The number of nitrogens with zero attached hydrogens (tertiary/aromatic N) is 3. The summed E-state index contributed by atoms with van der Waals surface area (Å²) in [6.07, 6.45) is 2.72. The highest BCUT2D eigenvalue weighted by molar-refractivity contribution is 5.87. The summed E-state index contributed by atoms with van der Waals surface area (Å²) < 4.78 is 1.76. The Bertz CT molecular complexity index is 684. The lowest BCUT2D eigenvalue weighted by Gasteiger charge is -2.20. The molecule has 0 aliphatic carbocycles. The lowest BCUT2D eigenvalue weighted by molar-refractivity contribution is -0.131. The van der Waals surface area contributed by atoms with E-state index >= 15 is 0 Å².